The molecule has 0 unspecified atom stereocenters. The molecule has 0 fully saturated rings. The third kappa shape index (κ3) is 5.26. The van der Waals surface area contributed by atoms with Crippen molar-refractivity contribution in [1.29, 1.82) is 0 Å². The number of hydrogen-bond acceptors (Lipinski definition) is 5. The van der Waals surface area contributed by atoms with E-state index >= 15 is 0 Å². The van der Waals surface area contributed by atoms with Gasteiger partial charge >= 0.3 is 5.97 Å². The van der Waals surface area contributed by atoms with Crippen LogP contribution in [0.25, 0.3) is 0 Å². The van der Waals surface area contributed by atoms with E-state index in [2.05, 4.69) is 0 Å². The molecule has 1 heterocycles. The Balaban J connectivity index is 2.36. The van der Waals surface area contributed by atoms with Gasteiger partial charge < -0.3 is 14.3 Å². The van der Waals surface area contributed by atoms with Crippen molar-refractivity contribution in [3.63, 3.8) is 0 Å². The molecule has 1 N–H and O–H groups in total. The van der Waals surface area contributed by atoms with Crippen LogP contribution in [0.3, 0.4) is 0 Å². The molecule has 0 aliphatic heterocycles. The highest BCUT2D eigenvalue weighted by molar-refractivity contribution is 5.95. The maximum atomic E-state index is 11.7. The van der Waals surface area contributed by atoms with E-state index in [1.54, 1.807) is 13.0 Å². The number of ether oxygens (including phenoxy) is 1. The van der Waals surface area contributed by atoms with Crippen molar-refractivity contribution in [2.24, 2.45) is 0 Å². The summed E-state index contributed by atoms with van der Waals surface area (Å²) < 4.78 is 10.1. The molecule has 1 atom stereocenters. The second-order valence-corrected chi connectivity index (χ2v) is 4.38. The molecule has 5 heteroatoms. The molecule has 0 saturated carbocycles. The molecular weight excluding hydrogens is 248 g/mol. The molecule has 0 bridgehead atoms. The lowest BCUT2D eigenvalue weighted by molar-refractivity contribution is -0.143. The molecule has 19 heavy (non-hydrogen) atoms. The predicted octanol–water partition coefficient (Wildman–Crippen LogP) is 2.64. The van der Waals surface area contributed by atoms with E-state index in [1.165, 1.54) is 6.07 Å². The molecule has 1 rings (SSSR count). The normalized spacial score (nSPS) is 12.2. The summed E-state index contributed by atoms with van der Waals surface area (Å²) in [5, 5.41) is 9.28. The van der Waals surface area contributed by atoms with E-state index in [1.807, 2.05) is 6.92 Å². The number of unbranched alkanes of at least 4 members (excludes halogenated alkanes) is 1. The molecular formula is C14H20O5. The van der Waals surface area contributed by atoms with Crippen molar-refractivity contribution >= 4 is 11.8 Å². The van der Waals surface area contributed by atoms with Crippen molar-refractivity contribution in [3.8, 4) is 0 Å². The van der Waals surface area contributed by atoms with Crippen LogP contribution in [0.1, 0.15) is 61.9 Å². The molecule has 0 saturated heterocycles. The van der Waals surface area contributed by atoms with Crippen LogP contribution in [0.4, 0.5) is 0 Å². The van der Waals surface area contributed by atoms with Gasteiger partial charge in [0.2, 0.25) is 0 Å². The van der Waals surface area contributed by atoms with E-state index in [0.717, 1.165) is 12.8 Å². The van der Waals surface area contributed by atoms with Gasteiger partial charge in [0, 0.05) is 6.42 Å². The second-order valence-electron chi connectivity index (χ2n) is 4.38. The summed E-state index contributed by atoms with van der Waals surface area (Å²) in [5.41, 5.74) is 0. The first-order valence-electron chi connectivity index (χ1n) is 6.51. The Kier molecular flexibility index (Phi) is 6.29. The maximum Gasteiger partial charge on any atom is 0.306 e. The predicted molar refractivity (Wildman–Crippen MR) is 68.8 cm³/mol. The van der Waals surface area contributed by atoms with E-state index in [-0.39, 0.29) is 30.4 Å². The molecule has 0 amide bonds. The van der Waals surface area contributed by atoms with Crippen LogP contribution < -0.4 is 0 Å². The van der Waals surface area contributed by atoms with Crippen LogP contribution in [0.5, 0.6) is 0 Å². The molecule has 0 radical (unpaired) electrons. The molecule has 5 nitrogen and oxygen atoms in total. The highest BCUT2D eigenvalue weighted by Gasteiger charge is 2.15. The number of carbonyl (C=O) groups is 2. The van der Waals surface area contributed by atoms with E-state index in [0.29, 0.717) is 12.4 Å². The Labute approximate surface area is 112 Å². The van der Waals surface area contributed by atoms with Gasteiger partial charge in [-0.2, -0.15) is 0 Å². The summed E-state index contributed by atoms with van der Waals surface area (Å²) in [4.78, 5) is 23.1. The van der Waals surface area contributed by atoms with Crippen LogP contribution in [-0.4, -0.2) is 23.5 Å². The fourth-order valence-electron chi connectivity index (χ4n) is 1.47. The van der Waals surface area contributed by atoms with Crippen LogP contribution in [-0.2, 0) is 9.53 Å². The molecule has 106 valence electrons. The summed E-state index contributed by atoms with van der Waals surface area (Å²) in [6.45, 7) is 3.96. The third-order valence-corrected chi connectivity index (χ3v) is 2.63. The lowest BCUT2D eigenvalue weighted by Crippen LogP contribution is -2.08. The van der Waals surface area contributed by atoms with Crippen LogP contribution in [0.15, 0.2) is 16.5 Å². The summed E-state index contributed by atoms with van der Waals surface area (Å²) in [5.74, 6) is -0.130. The van der Waals surface area contributed by atoms with Gasteiger partial charge in [0.25, 0.3) is 0 Å². The number of carbonyl (C=O) groups excluding carboxylic acids is 2. The third-order valence-electron chi connectivity index (χ3n) is 2.63. The van der Waals surface area contributed by atoms with Gasteiger partial charge in [0.15, 0.2) is 11.5 Å². The highest BCUT2D eigenvalue weighted by Crippen LogP contribution is 2.17. The number of rotatable bonds is 8. The van der Waals surface area contributed by atoms with Gasteiger partial charge in [-0.1, -0.05) is 13.3 Å². The van der Waals surface area contributed by atoms with E-state index in [4.69, 9.17) is 9.15 Å². The van der Waals surface area contributed by atoms with Crippen LogP contribution in [0, 0.1) is 0 Å². The minimum absolute atomic E-state index is 0.0489. The van der Waals surface area contributed by atoms with E-state index < -0.39 is 6.10 Å². The van der Waals surface area contributed by atoms with Gasteiger partial charge in [-0.05, 0) is 25.5 Å². The van der Waals surface area contributed by atoms with Crippen molar-refractivity contribution in [2.45, 2.75) is 45.6 Å². The summed E-state index contributed by atoms with van der Waals surface area (Å²) in [6, 6.07) is 3.06. The molecule has 0 aromatic carbocycles. The zero-order valence-corrected chi connectivity index (χ0v) is 11.3. The van der Waals surface area contributed by atoms with Gasteiger partial charge in [0.1, 0.15) is 11.9 Å². The number of aliphatic hydroxyl groups is 1. The number of hydrogen-bond donors (Lipinski definition) is 1. The van der Waals surface area contributed by atoms with Crippen LogP contribution >= 0.6 is 0 Å². The number of esters is 1. The average Bonchev–Trinajstić information content (AvgIpc) is 2.86. The Hall–Kier alpha value is -1.62. The average molecular weight is 268 g/mol. The first kappa shape index (κ1) is 15.4. The molecule has 0 spiro atoms. The minimum Gasteiger partial charge on any atom is -0.466 e. The first-order valence-corrected chi connectivity index (χ1v) is 6.51. The maximum absolute atomic E-state index is 11.7. The SMILES string of the molecule is CCCCOC(=O)CCC(=O)c1ccc([C@@H](C)O)o1. The highest BCUT2D eigenvalue weighted by atomic mass is 16.5. The van der Waals surface area contributed by atoms with Crippen molar-refractivity contribution in [2.75, 3.05) is 6.61 Å². The summed E-state index contributed by atoms with van der Waals surface area (Å²) in [7, 11) is 0. The first-order chi connectivity index (χ1) is 9.04. The standard InChI is InChI=1S/C14H20O5/c1-3-4-9-18-14(17)8-5-11(16)13-7-6-12(19-13)10(2)15/h6-7,10,15H,3-5,8-9H2,1-2H3/t10-/m1/s1. The van der Waals surface area contributed by atoms with Gasteiger partial charge in [-0.15, -0.1) is 0 Å². The molecule has 1 aromatic rings. The van der Waals surface area contributed by atoms with Gasteiger partial charge in [0.05, 0.1) is 13.0 Å². The molecule has 1 aromatic heterocycles. The van der Waals surface area contributed by atoms with Gasteiger partial charge in [-0.3, -0.25) is 9.59 Å². The Bertz CT molecular complexity index is 419. The van der Waals surface area contributed by atoms with Gasteiger partial charge in [-0.25, -0.2) is 0 Å². The zero-order valence-electron chi connectivity index (χ0n) is 11.3. The lowest BCUT2D eigenvalue weighted by atomic mass is 10.2. The minimum atomic E-state index is -0.749. The fourth-order valence-corrected chi connectivity index (χ4v) is 1.47. The lowest BCUT2D eigenvalue weighted by Gasteiger charge is -2.02. The Morgan fingerprint density at radius 3 is 2.68 bits per heavy atom. The fraction of sp³-hybridized carbons (Fsp3) is 0.571. The summed E-state index contributed by atoms with van der Waals surface area (Å²) >= 11 is 0. The Morgan fingerprint density at radius 1 is 1.37 bits per heavy atom. The number of Topliss-reactive ketones (excluding diaryl/α,β-unsaturated/α-hetero) is 1. The van der Waals surface area contributed by atoms with Crippen molar-refractivity contribution in [1.82, 2.24) is 0 Å². The smallest absolute Gasteiger partial charge is 0.306 e. The quantitative estimate of drug-likeness (QED) is 0.445. The summed E-state index contributed by atoms with van der Waals surface area (Å²) in [6.07, 6.45) is 1.14. The van der Waals surface area contributed by atoms with Crippen molar-refractivity contribution in [3.05, 3.63) is 23.7 Å². The van der Waals surface area contributed by atoms with E-state index in [9.17, 15) is 14.7 Å². The largest absolute Gasteiger partial charge is 0.466 e. The second kappa shape index (κ2) is 7.74. The number of ketones is 1. The number of aliphatic hydroxyl groups excluding tert-OH is 1. The van der Waals surface area contributed by atoms with Crippen LogP contribution in [0.2, 0.25) is 0 Å². The molecule has 0 aliphatic rings. The monoisotopic (exact) mass is 268 g/mol. The number of furan rings is 1. The zero-order chi connectivity index (χ0) is 14.3. The Morgan fingerprint density at radius 2 is 2.11 bits per heavy atom. The molecule has 0 aliphatic carbocycles. The van der Waals surface area contributed by atoms with Crippen molar-refractivity contribution < 1.29 is 23.8 Å². The topological polar surface area (TPSA) is 76.7 Å².